The van der Waals surface area contributed by atoms with Crippen LogP contribution in [0.3, 0.4) is 0 Å². The zero-order chi connectivity index (χ0) is 12.2. The summed E-state index contributed by atoms with van der Waals surface area (Å²) in [5, 5.41) is 0. The third kappa shape index (κ3) is 11.5. The molecule has 0 bridgehead atoms. The number of hydrogen-bond acceptors (Lipinski definition) is 3. The smallest absolute Gasteiger partial charge is 0.305 e. The molecule has 0 atom stereocenters. The van der Waals surface area contributed by atoms with Crippen LogP contribution in [0.25, 0.3) is 0 Å². The van der Waals surface area contributed by atoms with E-state index in [0.717, 1.165) is 32.2 Å². The Labute approximate surface area is 100 Å². The van der Waals surface area contributed by atoms with Crippen LogP contribution in [0.2, 0.25) is 0 Å². The molecule has 3 heteroatoms. The Morgan fingerprint density at radius 3 is 2.44 bits per heavy atom. The van der Waals surface area contributed by atoms with Crippen molar-refractivity contribution in [1.29, 1.82) is 0 Å². The van der Waals surface area contributed by atoms with Gasteiger partial charge in [-0.05, 0) is 39.9 Å². The van der Waals surface area contributed by atoms with E-state index in [9.17, 15) is 4.79 Å². The van der Waals surface area contributed by atoms with Crippen molar-refractivity contribution in [3.8, 4) is 0 Å². The molecule has 0 N–H and O–H groups in total. The molecule has 0 heterocycles. The van der Waals surface area contributed by atoms with E-state index in [1.54, 1.807) is 0 Å². The quantitative estimate of drug-likeness (QED) is 0.426. The minimum absolute atomic E-state index is 0.0269. The predicted octanol–water partition coefficient (Wildman–Crippen LogP) is 2.84. The fourth-order valence-electron chi connectivity index (χ4n) is 1.48. The lowest BCUT2D eigenvalue weighted by atomic mass is 10.2. The summed E-state index contributed by atoms with van der Waals surface area (Å²) in [7, 11) is 4.11. The summed E-state index contributed by atoms with van der Waals surface area (Å²) in [5.74, 6) is -0.0269. The Morgan fingerprint density at radius 2 is 1.81 bits per heavy atom. The number of ether oxygens (including phenoxy) is 1. The average molecular weight is 229 g/mol. The van der Waals surface area contributed by atoms with Crippen LogP contribution < -0.4 is 0 Å². The van der Waals surface area contributed by atoms with E-state index in [4.69, 9.17) is 4.74 Å². The standard InChI is InChI=1S/C13H27NO2/c1-4-5-6-7-10-13(15)16-12-9-8-11-14(2)3/h4-12H2,1-3H3. The Morgan fingerprint density at radius 1 is 1.06 bits per heavy atom. The van der Waals surface area contributed by atoms with E-state index in [-0.39, 0.29) is 5.97 Å². The first-order chi connectivity index (χ1) is 7.66. The first-order valence-electron chi connectivity index (χ1n) is 6.47. The van der Waals surface area contributed by atoms with Crippen molar-refractivity contribution in [2.75, 3.05) is 27.2 Å². The lowest BCUT2D eigenvalue weighted by Crippen LogP contribution is -2.14. The van der Waals surface area contributed by atoms with Crippen molar-refractivity contribution in [2.24, 2.45) is 0 Å². The molecule has 0 spiro atoms. The first-order valence-corrected chi connectivity index (χ1v) is 6.47. The minimum atomic E-state index is -0.0269. The summed E-state index contributed by atoms with van der Waals surface area (Å²) in [6.45, 7) is 3.82. The van der Waals surface area contributed by atoms with E-state index in [1.165, 1.54) is 12.8 Å². The van der Waals surface area contributed by atoms with Gasteiger partial charge in [0.05, 0.1) is 6.61 Å². The second-order valence-corrected chi connectivity index (χ2v) is 4.54. The molecule has 0 aliphatic carbocycles. The third-order valence-corrected chi connectivity index (χ3v) is 2.50. The molecule has 0 aromatic heterocycles. The number of carbonyl (C=O) groups is 1. The Kier molecular flexibility index (Phi) is 10.5. The molecule has 0 aromatic rings. The van der Waals surface area contributed by atoms with Gasteiger partial charge in [-0.15, -0.1) is 0 Å². The molecular weight excluding hydrogens is 202 g/mol. The predicted molar refractivity (Wildman–Crippen MR) is 67.5 cm³/mol. The maximum Gasteiger partial charge on any atom is 0.305 e. The van der Waals surface area contributed by atoms with Gasteiger partial charge in [-0.3, -0.25) is 4.79 Å². The largest absolute Gasteiger partial charge is 0.466 e. The average Bonchev–Trinajstić information content (AvgIpc) is 2.23. The van der Waals surface area contributed by atoms with Crippen LogP contribution in [0.1, 0.15) is 51.9 Å². The summed E-state index contributed by atoms with van der Waals surface area (Å²) in [5.41, 5.74) is 0. The zero-order valence-electron chi connectivity index (χ0n) is 11.1. The molecule has 0 rings (SSSR count). The van der Waals surface area contributed by atoms with Crippen molar-refractivity contribution >= 4 is 5.97 Å². The van der Waals surface area contributed by atoms with Gasteiger partial charge in [0.1, 0.15) is 0 Å². The highest BCUT2D eigenvalue weighted by molar-refractivity contribution is 5.69. The van der Waals surface area contributed by atoms with E-state index in [2.05, 4.69) is 25.9 Å². The molecule has 0 saturated heterocycles. The fraction of sp³-hybridized carbons (Fsp3) is 0.923. The second-order valence-electron chi connectivity index (χ2n) is 4.54. The normalized spacial score (nSPS) is 10.8. The molecule has 16 heavy (non-hydrogen) atoms. The van der Waals surface area contributed by atoms with Crippen molar-refractivity contribution in [2.45, 2.75) is 51.9 Å². The number of rotatable bonds is 10. The summed E-state index contributed by atoms with van der Waals surface area (Å²) in [4.78, 5) is 13.4. The molecule has 3 nitrogen and oxygen atoms in total. The Balaban J connectivity index is 3.17. The van der Waals surface area contributed by atoms with Crippen molar-refractivity contribution in [1.82, 2.24) is 4.90 Å². The maximum atomic E-state index is 11.3. The monoisotopic (exact) mass is 229 g/mol. The molecule has 0 aliphatic heterocycles. The highest BCUT2D eigenvalue weighted by Gasteiger charge is 2.01. The molecule has 0 aromatic carbocycles. The van der Waals surface area contributed by atoms with E-state index >= 15 is 0 Å². The van der Waals surface area contributed by atoms with Gasteiger partial charge in [0, 0.05) is 6.42 Å². The highest BCUT2D eigenvalue weighted by Crippen LogP contribution is 2.03. The topological polar surface area (TPSA) is 29.5 Å². The van der Waals surface area contributed by atoms with Crippen molar-refractivity contribution in [3.63, 3.8) is 0 Å². The maximum absolute atomic E-state index is 11.3. The number of hydrogen-bond donors (Lipinski definition) is 0. The van der Waals surface area contributed by atoms with Gasteiger partial charge in [-0.25, -0.2) is 0 Å². The molecule has 0 fully saturated rings. The lowest BCUT2D eigenvalue weighted by molar-refractivity contribution is -0.143. The second kappa shape index (κ2) is 10.9. The van der Waals surface area contributed by atoms with Crippen LogP contribution >= 0.6 is 0 Å². The third-order valence-electron chi connectivity index (χ3n) is 2.50. The van der Waals surface area contributed by atoms with E-state index in [0.29, 0.717) is 13.0 Å². The number of nitrogens with zero attached hydrogens (tertiary/aromatic N) is 1. The van der Waals surface area contributed by atoms with Gasteiger partial charge in [0.15, 0.2) is 0 Å². The Hall–Kier alpha value is -0.570. The van der Waals surface area contributed by atoms with Crippen LogP contribution in [-0.2, 0) is 9.53 Å². The Bertz CT molecular complexity index is 169. The lowest BCUT2D eigenvalue weighted by Gasteiger charge is -2.09. The van der Waals surface area contributed by atoms with Crippen LogP contribution in [0.15, 0.2) is 0 Å². The molecule has 0 aliphatic rings. The van der Waals surface area contributed by atoms with Crippen LogP contribution in [-0.4, -0.2) is 38.1 Å². The summed E-state index contributed by atoms with van der Waals surface area (Å²) in [6.07, 6.45) is 7.20. The fourth-order valence-corrected chi connectivity index (χ4v) is 1.48. The zero-order valence-corrected chi connectivity index (χ0v) is 11.1. The highest BCUT2D eigenvalue weighted by atomic mass is 16.5. The van der Waals surface area contributed by atoms with Gasteiger partial charge in [-0.2, -0.15) is 0 Å². The summed E-state index contributed by atoms with van der Waals surface area (Å²) in [6, 6.07) is 0. The number of unbranched alkanes of at least 4 members (excludes halogenated alkanes) is 4. The molecule has 0 saturated carbocycles. The molecular formula is C13H27NO2. The molecule has 0 radical (unpaired) electrons. The van der Waals surface area contributed by atoms with Crippen LogP contribution in [0.4, 0.5) is 0 Å². The van der Waals surface area contributed by atoms with Gasteiger partial charge >= 0.3 is 5.97 Å². The molecule has 96 valence electrons. The molecule has 0 amide bonds. The van der Waals surface area contributed by atoms with Crippen molar-refractivity contribution < 1.29 is 9.53 Å². The minimum Gasteiger partial charge on any atom is -0.466 e. The van der Waals surface area contributed by atoms with Gasteiger partial charge < -0.3 is 9.64 Å². The van der Waals surface area contributed by atoms with Crippen LogP contribution in [0.5, 0.6) is 0 Å². The SMILES string of the molecule is CCCCCCC(=O)OCCCCN(C)C. The van der Waals surface area contributed by atoms with Crippen LogP contribution in [0, 0.1) is 0 Å². The first kappa shape index (κ1) is 15.4. The van der Waals surface area contributed by atoms with Gasteiger partial charge in [0.2, 0.25) is 0 Å². The number of esters is 1. The van der Waals surface area contributed by atoms with Crippen molar-refractivity contribution in [3.05, 3.63) is 0 Å². The van der Waals surface area contributed by atoms with E-state index in [1.807, 2.05) is 0 Å². The number of carbonyl (C=O) groups excluding carboxylic acids is 1. The summed E-state index contributed by atoms with van der Waals surface area (Å²) < 4.78 is 5.15. The van der Waals surface area contributed by atoms with Gasteiger partial charge in [-0.1, -0.05) is 26.2 Å². The summed E-state index contributed by atoms with van der Waals surface area (Å²) >= 11 is 0. The van der Waals surface area contributed by atoms with Gasteiger partial charge in [0.25, 0.3) is 0 Å². The molecule has 0 unspecified atom stereocenters. The van der Waals surface area contributed by atoms with E-state index < -0.39 is 0 Å².